The van der Waals surface area contributed by atoms with Crippen molar-refractivity contribution in [3.8, 4) is 0 Å². The number of ketones is 1. The van der Waals surface area contributed by atoms with Gasteiger partial charge in [-0.3, -0.25) is 4.79 Å². The van der Waals surface area contributed by atoms with Gasteiger partial charge in [0.15, 0.2) is 5.78 Å². The normalized spacial score (nSPS) is 28.8. The fourth-order valence-corrected chi connectivity index (χ4v) is 2.53. The second kappa shape index (κ2) is 4.53. The number of nitrogens with zero attached hydrogens (tertiary/aromatic N) is 1. The van der Waals surface area contributed by atoms with E-state index < -0.39 is 11.0 Å². The minimum Gasteiger partial charge on any atom is -0.444 e. The molecular weight excluding hydrogens is 234 g/mol. The maximum Gasteiger partial charge on any atom is 0.410 e. The molecule has 2 fully saturated rings. The molecule has 1 atom stereocenters. The summed E-state index contributed by atoms with van der Waals surface area (Å²) in [6.45, 7) is 7.23. The Kier molecular flexibility index (Phi) is 3.36. The van der Waals surface area contributed by atoms with Crippen molar-refractivity contribution in [2.75, 3.05) is 26.3 Å². The van der Waals surface area contributed by atoms with Gasteiger partial charge in [0, 0.05) is 13.1 Å². The minimum absolute atomic E-state index is 0.121. The summed E-state index contributed by atoms with van der Waals surface area (Å²) in [6, 6.07) is 0. The lowest BCUT2D eigenvalue weighted by Gasteiger charge is -2.38. The summed E-state index contributed by atoms with van der Waals surface area (Å²) in [5.41, 5.74) is -0.979. The lowest BCUT2D eigenvalue weighted by Crippen LogP contribution is -2.50. The number of carbonyl (C=O) groups is 2. The van der Waals surface area contributed by atoms with E-state index in [1.807, 2.05) is 20.8 Å². The highest BCUT2D eigenvalue weighted by molar-refractivity contribution is 5.88. The average Bonchev–Trinajstić information content (AvgIpc) is 2.58. The third-order valence-electron chi connectivity index (χ3n) is 3.43. The van der Waals surface area contributed by atoms with Gasteiger partial charge in [-0.15, -0.1) is 0 Å². The summed E-state index contributed by atoms with van der Waals surface area (Å²) in [4.78, 5) is 25.6. The van der Waals surface area contributed by atoms with E-state index in [0.717, 1.165) is 12.8 Å². The summed E-state index contributed by atoms with van der Waals surface area (Å²) in [5.74, 6) is 0.121. The topological polar surface area (TPSA) is 55.8 Å². The van der Waals surface area contributed by atoms with Crippen LogP contribution in [0.1, 0.15) is 33.6 Å². The van der Waals surface area contributed by atoms with Gasteiger partial charge < -0.3 is 14.4 Å². The number of piperidine rings is 1. The fourth-order valence-electron chi connectivity index (χ4n) is 2.53. The van der Waals surface area contributed by atoms with Gasteiger partial charge >= 0.3 is 6.09 Å². The van der Waals surface area contributed by atoms with Crippen molar-refractivity contribution in [3.63, 3.8) is 0 Å². The molecule has 0 aromatic heterocycles. The number of hydrogen-bond acceptors (Lipinski definition) is 4. The molecule has 0 aliphatic carbocycles. The van der Waals surface area contributed by atoms with Crippen molar-refractivity contribution in [2.45, 2.75) is 39.2 Å². The number of ether oxygens (including phenoxy) is 2. The molecule has 0 aromatic carbocycles. The van der Waals surface area contributed by atoms with Gasteiger partial charge in [-0.2, -0.15) is 0 Å². The van der Waals surface area contributed by atoms with E-state index in [1.54, 1.807) is 4.90 Å². The van der Waals surface area contributed by atoms with E-state index in [1.165, 1.54) is 0 Å². The monoisotopic (exact) mass is 255 g/mol. The quantitative estimate of drug-likeness (QED) is 0.660. The molecule has 0 radical (unpaired) electrons. The number of amides is 1. The van der Waals surface area contributed by atoms with E-state index in [0.29, 0.717) is 19.7 Å². The third-order valence-corrected chi connectivity index (χ3v) is 3.43. The Balaban J connectivity index is 2.03. The zero-order chi connectivity index (χ0) is 13.4. The van der Waals surface area contributed by atoms with Crippen molar-refractivity contribution in [1.82, 2.24) is 4.90 Å². The van der Waals surface area contributed by atoms with Gasteiger partial charge in [0.1, 0.15) is 12.2 Å². The van der Waals surface area contributed by atoms with E-state index in [9.17, 15) is 9.59 Å². The highest BCUT2D eigenvalue weighted by Crippen LogP contribution is 2.35. The van der Waals surface area contributed by atoms with Crippen LogP contribution in [0.15, 0.2) is 0 Å². The molecule has 1 amide bonds. The minimum atomic E-state index is -0.502. The molecule has 102 valence electrons. The first-order valence-corrected chi connectivity index (χ1v) is 6.41. The first-order chi connectivity index (χ1) is 8.32. The molecule has 0 saturated carbocycles. The van der Waals surface area contributed by atoms with Crippen LogP contribution in [0, 0.1) is 5.41 Å². The Morgan fingerprint density at radius 1 is 1.44 bits per heavy atom. The fraction of sp³-hybridized carbons (Fsp3) is 0.846. The van der Waals surface area contributed by atoms with Crippen LogP contribution >= 0.6 is 0 Å². The van der Waals surface area contributed by atoms with Crippen LogP contribution in [0.3, 0.4) is 0 Å². The molecule has 0 bridgehead atoms. The predicted octanol–water partition coefficient (Wildman–Crippen LogP) is 1.60. The lowest BCUT2D eigenvalue weighted by molar-refractivity contribution is -0.126. The zero-order valence-corrected chi connectivity index (χ0v) is 11.3. The standard InChI is InChI=1S/C13H21NO4/c1-12(2,3)18-11(16)14-6-4-5-13(8-14)9-17-7-10(13)15/h4-9H2,1-3H3. The van der Waals surface area contributed by atoms with Crippen molar-refractivity contribution in [1.29, 1.82) is 0 Å². The van der Waals surface area contributed by atoms with Crippen molar-refractivity contribution >= 4 is 11.9 Å². The van der Waals surface area contributed by atoms with Crippen LogP contribution in [0.4, 0.5) is 4.79 Å². The van der Waals surface area contributed by atoms with Gasteiger partial charge in [-0.25, -0.2) is 4.79 Å². The smallest absolute Gasteiger partial charge is 0.410 e. The number of rotatable bonds is 0. The second-order valence-electron chi connectivity index (χ2n) is 6.20. The molecule has 0 aromatic rings. The predicted molar refractivity (Wildman–Crippen MR) is 65.3 cm³/mol. The molecule has 2 rings (SSSR count). The van der Waals surface area contributed by atoms with E-state index >= 15 is 0 Å². The van der Waals surface area contributed by atoms with Gasteiger partial charge in [0.05, 0.1) is 12.0 Å². The summed E-state index contributed by atoms with van der Waals surface area (Å²) < 4.78 is 10.6. The van der Waals surface area contributed by atoms with Gasteiger partial charge in [-0.05, 0) is 33.6 Å². The lowest BCUT2D eigenvalue weighted by atomic mass is 9.78. The summed E-state index contributed by atoms with van der Waals surface area (Å²) in [5, 5.41) is 0. The molecule has 1 spiro atoms. The maximum atomic E-state index is 12.0. The first kappa shape index (κ1) is 13.3. The van der Waals surface area contributed by atoms with Crippen LogP contribution in [0.2, 0.25) is 0 Å². The summed E-state index contributed by atoms with van der Waals surface area (Å²) in [6.07, 6.45) is 1.31. The van der Waals surface area contributed by atoms with E-state index in [-0.39, 0.29) is 18.5 Å². The number of likely N-dealkylation sites (tertiary alicyclic amines) is 1. The molecule has 2 aliphatic rings. The third kappa shape index (κ3) is 2.66. The number of hydrogen-bond donors (Lipinski definition) is 0. The first-order valence-electron chi connectivity index (χ1n) is 6.41. The Morgan fingerprint density at radius 2 is 2.17 bits per heavy atom. The largest absolute Gasteiger partial charge is 0.444 e. The van der Waals surface area contributed by atoms with Gasteiger partial charge in [0.2, 0.25) is 0 Å². The van der Waals surface area contributed by atoms with E-state index in [2.05, 4.69) is 0 Å². The van der Waals surface area contributed by atoms with Crippen LogP contribution in [-0.4, -0.2) is 48.7 Å². The molecule has 5 heteroatoms. The molecule has 2 aliphatic heterocycles. The summed E-state index contributed by atoms with van der Waals surface area (Å²) >= 11 is 0. The van der Waals surface area contributed by atoms with Crippen LogP contribution in [-0.2, 0) is 14.3 Å². The highest BCUT2D eigenvalue weighted by Gasteiger charge is 2.47. The molecule has 5 nitrogen and oxygen atoms in total. The number of Topliss-reactive ketones (excluding diaryl/α,β-unsaturated/α-hetero) is 1. The molecule has 0 N–H and O–H groups in total. The SMILES string of the molecule is CC(C)(C)OC(=O)N1CCCC2(COCC2=O)C1. The number of carbonyl (C=O) groups excluding carboxylic acids is 2. The maximum absolute atomic E-state index is 12.0. The van der Waals surface area contributed by atoms with Crippen LogP contribution in [0.25, 0.3) is 0 Å². The average molecular weight is 255 g/mol. The Bertz CT molecular complexity index is 360. The van der Waals surface area contributed by atoms with Gasteiger partial charge in [-0.1, -0.05) is 0 Å². The second-order valence-corrected chi connectivity index (χ2v) is 6.20. The van der Waals surface area contributed by atoms with Crippen molar-refractivity contribution in [2.24, 2.45) is 5.41 Å². The van der Waals surface area contributed by atoms with Crippen molar-refractivity contribution < 1.29 is 19.1 Å². The van der Waals surface area contributed by atoms with Crippen LogP contribution < -0.4 is 0 Å². The summed E-state index contributed by atoms with van der Waals surface area (Å²) in [7, 11) is 0. The zero-order valence-electron chi connectivity index (χ0n) is 11.3. The van der Waals surface area contributed by atoms with Crippen molar-refractivity contribution in [3.05, 3.63) is 0 Å². The Labute approximate surface area is 107 Å². The molecule has 2 saturated heterocycles. The van der Waals surface area contributed by atoms with Crippen LogP contribution in [0.5, 0.6) is 0 Å². The van der Waals surface area contributed by atoms with Gasteiger partial charge in [0.25, 0.3) is 0 Å². The highest BCUT2D eigenvalue weighted by atomic mass is 16.6. The molecule has 18 heavy (non-hydrogen) atoms. The van der Waals surface area contributed by atoms with E-state index in [4.69, 9.17) is 9.47 Å². The Morgan fingerprint density at radius 3 is 2.72 bits per heavy atom. The molecule has 1 unspecified atom stereocenters. The molecular formula is C13H21NO4. The Hall–Kier alpha value is -1.10. The molecule has 2 heterocycles.